The Balaban J connectivity index is 1.72. The number of pyridine rings is 1. The molecule has 0 unspecified atom stereocenters. The highest BCUT2D eigenvalue weighted by Crippen LogP contribution is 2.22. The van der Waals surface area contributed by atoms with Gasteiger partial charge in [-0.25, -0.2) is 14.4 Å². The minimum Gasteiger partial charge on any atom is -0.384 e. The largest absolute Gasteiger partial charge is 0.384 e. The van der Waals surface area contributed by atoms with E-state index in [0.29, 0.717) is 17.1 Å². The van der Waals surface area contributed by atoms with Crippen LogP contribution in [0.3, 0.4) is 0 Å². The van der Waals surface area contributed by atoms with Crippen molar-refractivity contribution in [3.63, 3.8) is 0 Å². The molecule has 2 aromatic heterocycles. The second-order valence-electron chi connectivity index (χ2n) is 6.10. The summed E-state index contributed by atoms with van der Waals surface area (Å²) < 4.78 is 15.0. The van der Waals surface area contributed by atoms with Crippen LogP contribution in [0.5, 0.6) is 0 Å². The molecule has 0 aliphatic rings. The number of nitrogens with two attached hydrogens (primary N) is 1. The van der Waals surface area contributed by atoms with Crippen LogP contribution in [-0.4, -0.2) is 27.5 Å². The number of imidazole rings is 1. The van der Waals surface area contributed by atoms with Gasteiger partial charge < -0.3 is 10.6 Å². The van der Waals surface area contributed by atoms with Gasteiger partial charge in [0.1, 0.15) is 18.0 Å². The number of fused-ring (bicyclic) bond motifs is 1. The van der Waals surface area contributed by atoms with Crippen molar-refractivity contribution in [3.8, 4) is 5.69 Å². The number of nitrogens with zero attached hydrogens (tertiary/aromatic N) is 4. The normalized spacial score (nSPS) is 10.9. The number of nitrogen functional groups attached to an aromatic ring is 1. The number of hydrogen-bond donors (Lipinski definition) is 1. The molecule has 0 bridgehead atoms. The predicted octanol–water partition coefficient (Wildman–Crippen LogP) is 3.42. The summed E-state index contributed by atoms with van der Waals surface area (Å²) >= 11 is 0. The van der Waals surface area contributed by atoms with Crippen LogP contribution in [0.1, 0.15) is 10.4 Å². The second kappa shape index (κ2) is 6.53. The first-order valence-electron chi connectivity index (χ1n) is 8.25. The third-order valence-corrected chi connectivity index (χ3v) is 4.36. The number of anilines is 2. The maximum Gasteiger partial charge on any atom is 0.258 e. The maximum atomic E-state index is 13.1. The van der Waals surface area contributed by atoms with Crippen molar-refractivity contribution in [1.29, 1.82) is 0 Å². The maximum absolute atomic E-state index is 13.1. The molecule has 0 atom stereocenters. The van der Waals surface area contributed by atoms with Gasteiger partial charge in [-0.15, -0.1) is 0 Å². The van der Waals surface area contributed by atoms with Gasteiger partial charge in [0.05, 0.1) is 22.9 Å². The van der Waals surface area contributed by atoms with E-state index in [4.69, 9.17) is 5.73 Å². The molecule has 27 heavy (non-hydrogen) atoms. The summed E-state index contributed by atoms with van der Waals surface area (Å²) in [6.07, 6.45) is 3.32. The van der Waals surface area contributed by atoms with Crippen LogP contribution < -0.4 is 10.6 Å². The van der Waals surface area contributed by atoms with Gasteiger partial charge >= 0.3 is 0 Å². The monoisotopic (exact) mass is 361 g/mol. The Morgan fingerprint density at radius 1 is 1.07 bits per heavy atom. The SMILES string of the molecule is CN(C(=O)c1ccc2ncn(-c3ccc(N)nc3)c2c1)c1ccc(F)cc1. The van der Waals surface area contributed by atoms with E-state index in [2.05, 4.69) is 9.97 Å². The highest BCUT2D eigenvalue weighted by Gasteiger charge is 2.16. The van der Waals surface area contributed by atoms with Crippen molar-refractivity contribution in [2.24, 2.45) is 0 Å². The molecule has 2 heterocycles. The van der Waals surface area contributed by atoms with Gasteiger partial charge in [0.25, 0.3) is 5.91 Å². The number of amides is 1. The van der Waals surface area contributed by atoms with E-state index in [-0.39, 0.29) is 11.7 Å². The first kappa shape index (κ1) is 16.7. The molecule has 4 rings (SSSR count). The number of benzene rings is 2. The fourth-order valence-electron chi connectivity index (χ4n) is 2.86. The lowest BCUT2D eigenvalue weighted by molar-refractivity contribution is 0.0993. The van der Waals surface area contributed by atoms with Crippen molar-refractivity contribution in [1.82, 2.24) is 14.5 Å². The van der Waals surface area contributed by atoms with Gasteiger partial charge in [0.2, 0.25) is 0 Å². The number of aromatic nitrogens is 3. The van der Waals surface area contributed by atoms with Crippen LogP contribution in [0.4, 0.5) is 15.9 Å². The van der Waals surface area contributed by atoms with E-state index in [9.17, 15) is 9.18 Å². The topological polar surface area (TPSA) is 77.0 Å². The van der Waals surface area contributed by atoms with Crippen molar-refractivity contribution in [2.45, 2.75) is 0 Å². The van der Waals surface area contributed by atoms with E-state index < -0.39 is 0 Å². The van der Waals surface area contributed by atoms with Crippen LogP contribution in [0.2, 0.25) is 0 Å². The zero-order valence-corrected chi connectivity index (χ0v) is 14.5. The fraction of sp³-hybridized carbons (Fsp3) is 0.0500. The predicted molar refractivity (Wildman–Crippen MR) is 102 cm³/mol. The molecular weight excluding hydrogens is 345 g/mol. The lowest BCUT2D eigenvalue weighted by Gasteiger charge is -2.17. The third kappa shape index (κ3) is 3.10. The van der Waals surface area contributed by atoms with Crippen molar-refractivity contribution < 1.29 is 9.18 Å². The second-order valence-corrected chi connectivity index (χ2v) is 6.10. The molecule has 0 radical (unpaired) electrons. The molecule has 1 amide bonds. The van der Waals surface area contributed by atoms with Crippen LogP contribution in [0, 0.1) is 5.82 Å². The van der Waals surface area contributed by atoms with Crippen LogP contribution in [-0.2, 0) is 0 Å². The van der Waals surface area contributed by atoms with Gasteiger partial charge in [0.15, 0.2) is 0 Å². The van der Waals surface area contributed by atoms with Crippen LogP contribution >= 0.6 is 0 Å². The summed E-state index contributed by atoms with van der Waals surface area (Å²) in [6.45, 7) is 0. The minimum atomic E-state index is -0.345. The van der Waals surface area contributed by atoms with Gasteiger partial charge in [0, 0.05) is 18.3 Å². The number of carbonyl (C=O) groups excluding carboxylic acids is 1. The summed E-state index contributed by atoms with van der Waals surface area (Å²) in [5.74, 6) is -0.117. The van der Waals surface area contributed by atoms with Crippen molar-refractivity contribution in [3.05, 3.63) is 78.5 Å². The lowest BCUT2D eigenvalue weighted by Crippen LogP contribution is -2.26. The Morgan fingerprint density at radius 2 is 1.85 bits per heavy atom. The molecule has 6 nitrogen and oxygen atoms in total. The average Bonchev–Trinajstić information content (AvgIpc) is 3.11. The van der Waals surface area contributed by atoms with Crippen LogP contribution in [0.25, 0.3) is 16.7 Å². The standard InChI is InChI=1S/C20H16FN5O/c1-25(15-5-3-14(21)4-6-15)20(27)13-2-8-17-18(10-13)26(12-24-17)16-7-9-19(22)23-11-16/h2-12H,1H3,(H2,22,23). The molecule has 7 heteroatoms. The number of halogens is 1. The van der Waals surface area contributed by atoms with E-state index in [1.54, 1.807) is 56.0 Å². The summed E-state index contributed by atoms with van der Waals surface area (Å²) in [5, 5.41) is 0. The highest BCUT2D eigenvalue weighted by molar-refractivity contribution is 6.07. The Labute approximate surface area is 154 Å². The summed E-state index contributed by atoms with van der Waals surface area (Å²) in [6, 6.07) is 14.6. The van der Waals surface area contributed by atoms with E-state index in [1.807, 2.05) is 10.6 Å². The van der Waals surface area contributed by atoms with E-state index in [0.717, 1.165) is 16.7 Å². The Morgan fingerprint density at radius 3 is 2.56 bits per heavy atom. The highest BCUT2D eigenvalue weighted by atomic mass is 19.1. The number of rotatable bonds is 3. The summed E-state index contributed by atoms with van der Waals surface area (Å²) in [4.78, 5) is 22.8. The van der Waals surface area contributed by atoms with E-state index in [1.165, 1.54) is 17.0 Å². The third-order valence-electron chi connectivity index (χ3n) is 4.36. The minimum absolute atomic E-state index is 0.202. The number of carbonyl (C=O) groups is 1. The summed E-state index contributed by atoms with van der Waals surface area (Å²) in [7, 11) is 1.65. The molecule has 2 N–H and O–H groups in total. The molecule has 0 spiro atoms. The van der Waals surface area contributed by atoms with Crippen LogP contribution in [0.15, 0.2) is 67.1 Å². The average molecular weight is 361 g/mol. The van der Waals surface area contributed by atoms with E-state index >= 15 is 0 Å². The zero-order chi connectivity index (χ0) is 19.0. The summed E-state index contributed by atoms with van der Waals surface area (Å²) in [5.41, 5.74) is 9.08. The first-order valence-corrected chi connectivity index (χ1v) is 8.25. The molecule has 0 fully saturated rings. The van der Waals surface area contributed by atoms with Gasteiger partial charge in [-0.2, -0.15) is 0 Å². The molecule has 134 valence electrons. The first-order chi connectivity index (χ1) is 13.0. The van der Waals surface area contributed by atoms with Gasteiger partial charge in [-0.1, -0.05) is 0 Å². The molecule has 0 saturated carbocycles. The van der Waals surface area contributed by atoms with Gasteiger partial charge in [-0.3, -0.25) is 9.36 Å². The van der Waals surface area contributed by atoms with Gasteiger partial charge in [-0.05, 0) is 54.6 Å². The van der Waals surface area contributed by atoms with Crippen molar-refractivity contribution in [2.75, 3.05) is 17.7 Å². The number of hydrogen-bond acceptors (Lipinski definition) is 4. The lowest BCUT2D eigenvalue weighted by atomic mass is 10.1. The zero-order valence-electron chi connectivity index (χ0n) is 14.5. The quantitative estimate of drug-likeness (QED) is 0.607. The Hall–Kier alpha value is -3.74. The Kier molecular flexibility index (Phi) is 4.04. The smallest absolute Gasteiger partial charge is 0.258 e. The molecular formula is C20H16FN5O. The molecule has 0 aliphatic heterocycles. The molecule has 0 saturated heterocycles. The molecule has 4 aromatic rings. The fourth-order valence-corrected chi connectivity index (χ4v) is 2.86. The van der Waals surface area contributed by atoms with Crippen molar-refractivity contribution >= 4 is 28.4 Å². The Bertz CT molecular complexity index is 1120. The molecule has 2 aromatic carbocycles. The molecule has 0 aliphatic carbocycles.